The molecule has 4 nitrogen and oxygen atoms in total. The average Bonchev–Trinajstić information content (AvgIpc) is 2.05. The van der Waals surface area contributed by atoms with Crippen LogP contribution >= 0.6 is 0 Å². The summed E-state index contributed by atoms with van der Waals surface area (Å²) in [7, 11) is 3.05. The molecule has 1 atom stereocenters. The Bertz CT molecular complexity index is 243. The van der Waals surface area contributed by atoms with Crippen LogP contribution in [0.3, 0.4) is 0 Å². The zero-order chi connectivity index (χ0) is 10.1. The van der Waals surface area contributed by atoms with Crippen molar-refractivity contribution < 1.29 is 14.3 Å². The molecule has 1 aliphatic rings. The first-order chi connectivity index (χ1) is 6.06. The van der Waals surface area contributed by atoms with Crippen LogP contribution in [0.2, 0.25) is 0 Å². The van der Waals surface area contributed by atoms with Gasteiger partial charge in [-0.15, -0.1) is 0 Å². The van der Waals surface area contributed by atoms with Crippen molar-refractivity contribution in [2.75, 3.05) is 14.2 Å². The van der Waals surface area contributed by atoms with Crippen molar-refractivity contribution in [1.29, 1.82) is 0 Å². The molecule has 0 fully saturated rings. The van der Waals surface area contributed by atoms with Crippen molar-refractivity contribution in [3.63, 3.8) is 0 Å². The molecule has 0 radical (unpaired) electrons. The molecule has 1 rings (SSSR count). The van der Waals surface area contributed by atoms with Gasteiger partial charge in [0.2, 0.25) is 5.79 Å². The van der Waals surface area contributed by atoms with Crippen LogP contribution in [0.1, 0.15) is 13.3 Å². The smallest absolute Gasteiger partial charge is 0.212 e. The number of carbonyl (C=O) groups excluding carboxylic acids is 1. The number of hydrogen-bond donors (Lipinski definition) is 1. The second-order valence-corrected chi connectivity index (χ2v) is 3.25. The maximum absolute atomic E-state index is 11.1. The summed E-state index contributed by atoms with van der Waals surface area (Å²) in [5.74, 6) is -0.955. The van der Waals surface area contributed by atoms with E-state index in [2.05, 4.69) is 0 Å². The van der Waals surface area contributed by atoms with Crippen LogP contribution in [0.25, 0.3) is 0 Å². The highest BCUT2D eigenvalue weighted by atomic mass is 16.7. The second-order valence-electron chi connectivity index (χ2n) is 3.25. The molecule has 0 spiro atoms. The second kappa shape index (κ2) is 3.47. The van der Waals surface area contributed by atoms with Gasteiger partial charge in [-0.25, -0.2) is 0 Å². The van der Waals surface area contributed by atoms with Crippen LogP contribution in [-0.2, 0) is 14.3 Å². The van der Waals surface area contributed by atoms with E-state index in [9.17, 15) is 4.79 Å². The molecule has 0 aliphatic heterocycles. The number of carbonyl (C=O) groups is 1. The normalized spacial score (nSPS) is 27.2. The van der Waals surface area contributed by atoms with Crippen molar-refractivity contribution in [3.05, 3.63) is 11.8 Å². The third-order valence-corrected chi connectivity index (χ3v) is 2.48. The van der Waals surface area contributed by atoms with Crippen LogP contribution in [0, 0.1) is 5.92 Å². The summed E-state index contributed by atoms with van der Waals surface area (Å²) >= 11 is 0. The molecule has 2 N–H and O–H groups in total. The topological polar surface area (TPSA) is 61.6 Å². The van der Waals surface area contributed by atoms with Gasteiger partial charge in [-0.1, -0.05) is 6.92 Å². The first-order valence-corrected chi connectivity index (χ1v) is 4.17. The van der Waals surface area contributed by atoms with Gasteiger partial charge in [0, 0.05) is 32.6 Å². The molecule has 0 heterocycles. The number of methoxy groups -OCH3 is 2. The lowest BCUT2D eigenvalue weighted by Crippen LogP contribution is -2.48. The van der Waals surface area contributed by atoms with Crippen molar-refractivity contribution in [3.8, 4) is 0 Å². The maximum Gasteiger partial charge on any atom is 0.212 e. The lowest BCUT2D eigenvalue weighted by molar-refractivity contribution is -0.213. The molecule has 0 amide bonds. The molecule has 0 aromatic rings. The molecule has 0 aromatic heterocycles. The van der Waals surface area contributed by atoms with E-state index >= 15 is 0 Å². The van der Waals surface area contributed by atoms with Gasteiger partial charge >= 0.3 is 0 Å². The Morgan fingerprint density at radius 1 is 1.54 bits per heavy atom. The number of ether oxygens (including phenoxy) is 2. The van der Waals surface area contributed by atoms with Gasteiger partial charge in [0.25, 0.3) is 0 Å². The lowest BCUT2D eigenvalue weighted by atomic mass is 9.86. The molecule has 1 unspecified atom stereocenters. The third-order valence-electron chi connectivity index (χ3n) is 2.48. The Kier molecular flexibility index (Phi) is 2.73. The van der Waals surface area contributed by atoms with Crippen molar-refractivity contribution >= 4 is 5.78 Å². The minimum atomic E-state index is -0.923. The summed E-state index contributed by atoms with van der Waals surface area (Å²) in [6, 6.07) is 0. The summed E-state index contributed by atoms with van der Waals surface area (Å²) < 4.78 is 10.5. The minimum Gasteiger partial charge on any atom is -0.398 e. The zero-order valence-electron chi connectivity index (χ0n) is 8.16. The SMILES string of the molecule is COC1(OC)C(N)=CC(=O)CC1C. The third kappa shape index (κ3) is 1.47. The monoisotopic (exact) mass is 185 g/mol. The first-order valence-electron chi connectivity index (χ1n) is 4.17. The minimum absolute atomic E-state index is 0.0229. The van der Waals surface area contributed by atoms with Crippen LogP contribution in [0.5, 0.6) is 0 Å². The number of nitrogens with two attached hydrogens (primary N) is 1. The molecule has 74 valence electrons. The molecule has 0 saturated carbocycles. The van der Waals surface area contributed by atoms with Gasteiger partial charge in [0.1, 0.15) is 0 Å². The lowest BCUT2D eigenvalue weighted by Gasteiger charge is -2.38. The Balaban J connectivity index is 3.06. The zero-order valence-corrected chi connectivity index (χ0v) is 8.16. The molecule has 0 saturated heterocycles. The van der Waals surface area contributed by atoms with E-state index in [1.54, 1.807) is 0 Å². The quantitative estimate of drug-likeness (QED) is 0.633. The fraction of sp³-hybridized carbons (Fsp3) is 0.667. The fourth-order valence-electron chi connectivity index (χ4n) is 1.78. The summed E-state index contributed by atoms with van der Waals surface area (Å²) in [5, 5.41) is 0. The Morgan fingerprint density at radius 2 is 2.08 bits per heavy atom. The summed E-state index contributed by atoms with van der Waals surface area (Å²) in [5.41, 5.74) is 6.05. The standard InChI is InChI=1S/C9H15NO3/c1-6-4-7(11)5-8(10)9(6,12-2)13-3/h5-6H,4,10H2,1-3H3. The van der Waals surface area contributed by atoms with Gasteiger partial charge in [0.05, 0.1) is 5.70 Å². The van der Waals surface area contributed by atoms with Gasteiger partial charge in [-0.05, 0) is 0 Å². The van der Waals surface area contributed by atoms with E-state index in [0.29, 0.717) is 12.1 Å². The summed E-state index contributed by atoms with van der Waals surface area (Å²) in [4.78, 5) is 11.1. The first kappa shape index (κ1) is 10.2. The molecule has 0 aromatic carbocycles. The summed E-state index contributed by atoms with van der Waals surface area (Å²) in [6.45, 7) is 1.88. The van der Waals surface area contributed by atoms with E-state index in [-0.39, 0.29) is 11.7 Å². The number of hydrogen-bond acceptors (Lipinski definition) is 4. The molecular formula is C9H15NO3. The van der Waals surface area contributed by atoms with E-state index < -0.39 is 5.79 Å². The van der Waals surface area contributed by atoms with E-state index in [4.69, 9.17) is 15.2 Å². The summed E-state index contributed by atoms with van der Waals surface area (Å²) in [6.07, 6.45) is 1.79. The Labute approximate surface area is 77.7 Å². The van der Waals surface area contributed by atoms with Gasteiger partial charge in [0.15, 0.2) is 5.78 Å². The van der Waals surface area contributed by atoms with Gasteiger partial charge < -0.3 is 15.2 Å². The van der Waals surface area contributed by atoms with Crippen molar-refractivity contribution in [2.45, 2.75) is 19.1 Å². The fourth-order valence-corrected chi connectivity index (χ4v) is 1.78. The van der Waals surface area contributed by atoms with Gasteiger partial charge in [-0.2, -0.15) is 0 Å². The van der Waals surface area contributed by atoms with Gasteiger partial charge in [-0.3, -0.25) is 4.79 Å². The number of ketones is 1. The number of allylic oxidation sites excluding steroid dienone is 1. The molecule has 1 aliphatic carbocycles. The van der Waals surface area contributed by atoms with Crippen LogP contribution in [0.15, 0.2) is 11.8 Å². The predicted octanol–water partition coefficient (Wildman–Crippen LogP) is 0.427. The predicted molar refractivity (Wildman–Crippen MR) is 47.8 cm³/mol. The molecule has 0 bridgehead atoms. The maximum atomic E-state index is 11.1. The van der Waals surface area contributed by atoms with E-state index in [1.807, 2.05) is 6.92 Å². The highest BCUT2D eigenvalue weighted by Gasteiger charge is 2.43. The van der Waals surface area contributed by atoms with Crippen LogP contribution in [-0.4, -0.2) is 25.8 Å². The van der Waals surface area contributed by atoms with Crippen molar-refractivity contribution in [1.82, 2.24) is 0 Å². The number of rotatable bonds is 2. The van der Waals surface area contributed by atoms with E-state index in [0.717, 1.165) is 0 Å². The highest BCUT2D eigenvalue weighted by Crippen LogP contribution is 2.33. The van der Waals surface area contributed by atoms with Crippen LogP contribution < -0.4 is 5.73 Å². The average molecular weight is 185 g/mol. The highest BCUT2D eigenvalue weighted by molar-refractivity contribution is 5.91. The Hall–Kier alpha value is -0.870. The molecule has 13 heavy (non-hydrogen) atoms. The van der Waals surface area contributed by atoms with E-state index in [1.165, 1.54) is 20.3 Å². The largest absolute Gasteiger partial charge is 0.398 e. The molecule has 4 heteroatoms. The Morgan fingerprint density at radius 3 is 2.46 bits per heavy atom. The van der Waals surface area contributed by atoms with Crippen molar-refractivity contribution in [2.24, 2.45) is 11.7 Å². The van der Waals surface area contributed by atoms with Crippen LogP contribution in [0.4, 0.5) is 0 Å². The molecular weight excluding hydrogens is 170 g/mol.